The van der Waals surface area contributed by atoms with E-state index in [0.717, 1.165) is 5.69 Å². The van der Waals surface area contributed by atoms with Crippen LogP contribution in [0.5, 0.6) is 0 Å². The summed E-state index contributed by atoms with van der Waals surface area (Å²) >= 11 is 3.37. The van der Waals surface area contributed by atoms with E-state index in [0.29, 0.717) is 0 Å². The SMILES string of the molecule is Cc1ccc(N(C)C(=O)C(C)(C)Br)cc1. The van der Waals surface area contributed by atoms with E-state index >= 15 is 0 Å². The molecule has 1 aromatic rings. The van der Waals surface area contributed by atoms with Crippen LogP contribution in [0.3, 0.4) is 0 Å². The maximum absolute atomic E-state index is 11.9. The normalized spacial score (nSPS) is 11.3. The highest BCUT2D eigenvalue weighted by Crippen LogP contribution is 2.22. The first-order chi connectivity index (χ1) is 6.82. The fourth-order valence-electron chi connectivity index (χ4n) is 1.28. The summed E-state index contributed by atoms with van der Waals surface area (Å²) < 4.78 is -0.521. The molecule has 0 saturated carbocycles. The van der Waals surface area contributed by atoms with E-state index in [1.807, 2.05) is 45.0 Å². The first-order valence-electron chi connectivity index (χ1n) is 4.86. The average Bonchev–Trinajstić information content (AvgIpc) is 2.15. The molecule has 0 bridgehead atoms. The Morgan fingerprint density at radius 1 is 1.27 bits per heavy atom. The summed E-state index contributed by atoms with van der Waals surface area (Å²) in [7, 11) is 1.79. The van der Waals surface area contributed by atoms with Crippen LogP contribution in [0.25, 0.3) is 0 Å². The van der Waals surface area contributed by atoms with Crippen molar-refractivity contribution in [2.75, 3.05) is 11.9 Å². The number of hydrogen-bond acceptors (Lipinski definition) is 1. The number of benzene rings is 1. The van der Waals surface area contributed by atoms with Gasteiger partial charge in [0.1, 0.15) is 0 Å². The zero-order chi connectivity index (χ0) is 11.6. The van der Waals surface area contributed by atoms with Crippen molar-refractivity contribution in [1.29, 1.82) is 0 Å². The first-order valence-corrected chi connectivity index (χ1v) is 5.65. The van der Waals surface area contributed by atoms with Gasteiger partial charge in [0.2, 0.25) is 5.91 Å². The molecule has 0 spiro atoms. The third-order valence-corrected chi connectivity index (χ3v) is 2.57. The Hall–Kier alpha value is -0.830. The van der Waals surface area contributed by atoms with Crippen LogP contribution in [0, 0.1) is 6.92 Å². The molecule has 15 heavy (non-hydrogen) atoms. The zero-order valence-corrected chi connectivity index (χ0v) is 11.1. The molecule has 0 heterocycles. The quantitative estimate of drug-likeness (QED) is 0.756. The van der Waals surface area contributed by atoms with E-state index in [2.05, 4.69) is 15.9 Å². The summed E-state index contributed by atoms with van der Waals surface area (Å²) in [6, 6.07) is 7.90. The zero-order valence-electron chi connectivity index (χ0n) is 9.54. The van der Waals surface area contributed by atoms with E-state index in [-0.39, 0.29) is 5.91 Å². The molecule has 1 aromatic carbocycles. The molecular weight excluding hydrogens is 254 g/mol. The lowest BCUT2D eigenvalue weighted by molar-refractivity contribution is -0.119. The van der Waals surface area contributed by atoms with Gasteiger partial charge >= 0.3 is 0 Å². The molecule has 82 valence electrons. The molecule has 0 N–H and O–H groups in total. The fourth-order valence-corrected chi connectivity index (χ4v) is 1.55. The van der Waals surface area contributed by atoms with Gasteiger partial charge in [-0.25, -0.2) is 0 Å². The summed E-state index contributed by atoms with van der Waals surface area (Å²) in [4.78, 5) is 13.6. The van der Waals surface area contributed by atoms with Crippen molar-refractivity contribution in [2.45, 2.75) is 25.1 Å². The fraction of sp³-hybridized carbons (Fsp3) is 0.417. The highest BCUT2D eigenvalue weighted by atomic mass is 79.9. The lowest BCUT2D eigenvalue weighted by Gasteiger charge is -2.24. The minimum Gasteiger partial charge on any atom is -0.314 e. The molecule has 0 atom stereocenters. The van der Waals surface area contributed by atoms with Crippen molar-refractivity contribution in [2.24, 2.45) is 0 Å². The summed E-state index contributed by atoms with van der Waals surface area (Å²) in [5, 5.41) is 0. The Bertz CT molecular complexity index is 351. The summed E-state index contributed by atoms with van der Waals surface area (Å²) in [6.07, 6.45) is 0. The van der Waals surface area contributed by atoms with Crippen LogP contribution in [-0.2, 0) is 4.79 Å². The average molecular weight is 270 g/mol. The molecule has 0 radical (unpaired) electrons. The van der Waals surface area contributed by atoms with Crippen molar-refractivity contribution in [3.8, 4) is 0 Å². The van der Waals surface area contributed by atoms with Gasteiger partial charge in [0, 0.05) is 12.7 Å². The van der Waals surface area contributed by atoms with E-state index in [4.69, 9.17) is 0 Å². The minimum atomic E-state index is -0.521. The molecule has 0 unspecified atom stereocenters. The van der Waals surface area contributed by atoms with Crippen LogP contribution in [0.1, 0.15) is 19.4 Å². The molecule has 0 saturated heterocycles. The molecule has 0 aliphatic carbocycles. The Labute approximate surface area is 99.4 Å². The number of halogens is 1. The lowest BCUT2D eigenvalue weighted by atomic mass is 10.1. The number of rotatable bonds is 2. The van der Waals surface area contributed by atoms with Gasteiger partial charge in [-0.3, -0.25) is 4.79 Å². The van der Waals surface area contributed by atoms with Gasteiger partial charge in [0.15, 0.2) is 0 Å². The molecule has 0 aliphatic rings. The van der Waals surface area contributed by atoms with Crippen LogP contribution >= 0.6 is 15.9 Å². The standard InChI is InChI=1S/C12H16BrNO/c1-9-5-7-10(8-6-9)14(4)11(15)12(2,3)13/h5-8H,1-4H3. The van der Waals surface area contributed by atoms with Gasteiger partial charge in [-0.15, -0.1) is 0 Å². The molecule has 3 heteroatoms. The number of aryl methyl sites for hydroxylation is 1. The van der Waals surface area contributed by atoms with Crippen LogP contribution in [0.15, 0.2) is 24.3 Å². The van der Waals surface area contributed by atoms with Crippen molar-refractivity contribution in [3.05, 3.63) is 29.8 Å². The van der Waals surface area contributed by atoms with E-state index in [9.17, 15) is 4.79 Å². The van der Waals surface area contributed by atoms with Crippen molar-refractivity contribution < 1.29 is 4.79 Å². The Morgan fingerprint density at radius 3 is 2.13 bits per heavy atom. The van der Waals surface area contributed by atoms with Gasteiger partial charge in [-0.05, 0) is 32.9 Å². The second kappa shape index (κ2) is 4.35. The van der Waals surface area contributed by atoms with Crippen LogP contribution in [0.4, 0.5) is 5.69 Å². The highest BCUT2D eigenvalue weighted by molar-refractivity contribution is 9.10. The summed E-state index contributed by atoms with van der Waals surface area (Å²) in [5.41, 5.74) is 2.11. The Kier molecular flexibility index (Phi) is 3.55. The Balaban J connectivity index is 2.90. The van der Waals surface area contributed by atoms with Crippen molar-refractivity contribution in [3.63, 3.8) is 0 Å². The molecular formula is C12H16BrNO. The molecule has 0 fully saturated rings. The van der Waals surface area contributed by atoms with Gasteiger partial charge < -0.3 is 4.90 Å². The number of alkyl halides is 1. The molecule has 0 aliphatic heterocycles. The molecule has 1 rings (SSSR count). The summed E-state index contributed by atoms with van der Waals surface area (Å²) in [5.74, 6) is 0.0475. The Morgan fingerprint density at radius 2 is 1.73 bits per heavy atom. The number of carbonyl (C=O) groups is 1. The maximum atomic E-state index is 11.9. The van der Waals surface area contributed by atoms with Crippen LogP contribution < -0.4 is 4.90 Å². The predicted molar refractivity (Wildman–Crippen MR) is 67.6 cm³/mol. The van der Waals surface area contributed by atoms with Crippen LogP contribution in [-0.4, -0.2) is 17.3 Å². The second-order valence-corrected chi connectivity index (χ2v) is 6.15. The first kappa shape index (κ1) is 12.2. The summed E-state index contributed by atoms with van der Waals surface area (Å²) in [6.45, 7) is 5.72. The largest absolute Gasteiger partial charge is 0.314 e. The number of hydrogen-bond donors (Lipinski definition) is 0. The smallest absolute Gasteiger partial charge is 0.243 e. The van der Waals surface area contributed by atoms with Crippen LogP contribution in [0.2, 0.25) is 0 Å². The number of carbonyl (C=O) groups excluding carboxylic acids is 1. The molecule has 0 aromatic heterocycles. The van der Waals surface area contributed by atoms with Crippen molar-refractivity contribution in [1.82, 2.24) is 0 Å². The highest BCUT2D eigenvalue weighted by Gasteiger charge is 2.27. The van der Waals surface area contributed by atoms with Gasteiger partial charge in [-0.1, -0.05) is 33.6 Å². The number of amides is 1. The van der Waals surface area contributed by atoms with Gasteiger partial charge in [-0.2, -0.15) is 0 Å². The maximum Gasteiger partial charge on any atom is 0.243 e. The molecule has 2 nitrogen and oxygen atoms in total. The van der Waals surface area contributed by atoms with E-state index < -0.39 is 4.32 Å². The van der Waals surface area contributed by atoms with Gasteiger partial charge in [0.25, 0.3) is 0 Å². The molecule has 1 amide bonds. The lowest BCUT2D eigenvalue weighted by Crippen LogP contribution is -2.39. The van der Waals surface area contributed by atoms with Crippen molar-refractivity contribution >= 4 is 27.5 Å². The third-order valence-electron chi connectivity index (χ3n) is 2.23. The van der Waals surface area contributed by atoms with Gasteiger partial charge in [0.05, 0.1) is 4.32 Å². The predicted octanol–water partition coefficient (Wildman–Crippen LogP) is 3.13. The van der Waals surface area contributed by atoms with E-state index in [1.54, 1.807) is 11.9 Å². The van der Waals surface area contributed by atoms with E-state index in [1.165, 1.54) is 5.56 Å². The topological polar surface area (TPSA) is 20.3 Å². The third kappa shape index (κ3) is 3.06. The second-order valence-electron chi connectivity index (χ2n) is 4.17. The number of anilines is 1. The number of nitrogens with zero attached hydrogens (tertiary/aromatic N) is 1. The minimum absolute atomic E-state index is 0.0475. The monoisotopic (exact) mass is 269 g/mol.